The lowest BCUT2D eigenvalue weighted by Crippen LogP contribution is -2.56. The van der Waals surface area contributed by atoms with E-state index in [9.17, 15) is 9.90 Å². The molecular weight excluding hydrogens is 538 g/mol. The fourth-order valence-corrected chi connectivity index (χ4v) is 6.99. The van der Waals surface area contributed by atoms with Crippen molar-refractivity contribution in [1.29, 1.82) is 0 Å². The molecule has 3 saturated heterocycles. The number of rotatable bonds is 6. The van der Waals surface area contributed by atoms with Gasteiger partial charge in [0.15, 0.2) is 11.5 Å². The molecule has 1 N–H and O–H groups in total. The maximum absolute atomic E-state index is 12.9. The van der Waals surface area contributed by atoms with E-state index in [-0.39, 0.29) is 23.1 Å². The van der Waals surface area contributed by atoms with Crippen LogP contribution < -0.4 is 9.80 Å². The third kappa shape index (κ3) is 5.33. The minimum atomic E-state index is -0.745. The average Bonchev–Trinajstić information content (AvgIpc) is 3.14. The number of carbonyl (C=O) groups is 1. The van der Waals surface area contributed by atoms with Crippen molar-refractivity contribution in [1.82, 2.24) is 15.0 Å². The summed E-state index contributed by atoms with van der Waals surface area (Å²) < 4.78 is 11.1. The fraction of sp³-hybridized carbons (Fsp3) is 0.643. The van der Waals surface area contributed by atoms with Crippen molar-refractivity contribution < 1.29 is 19.4 Å². The van der Waals surface area contributed by atoms with Crippen LogP contribution in [-0.4, -0.2) is 77.6 Å². The van der Waals surface area contributed by atoms with Gasteiger partial charge in [0, 0.05) is 48.6 Å². The number of anilines is 2. The molecule has 39 heavy (non-hydrogen) atoms. The first-order valence-electron chi connectivity index (χ1n) is 13.6. The number of carbonyl (C=O) groups excluding carboxylic acids is 1. The Bertz CT molecular complexity index is 1240. The monoisotopic (exact) mass is 575 g/mol. The molecular formula is C28H38ClN5O4S. The van der Waals surface area contributed by atoms with E-state index in [2.05, 4.69) is 28.6 Å². The van der Waals surface area contributed by atoms with Crippen molar-refractivity contribution in [2.75, 3.05) is 49.7 Å². The third-order valence-electron chi connectivity index (χ3n) is 8.97. The summed E-state index contributed by atoms with van der Waals surface area (Å²) in [6.45, 7) is 13.7. The number of methoxy groups -OCH3 is 1. The number of halogens is 1. The first-order valence-corrected chi connectivity index (χ1v) is 14.8. The van der Waals surface area contributed by atoms with Crippen molar-refractivity contribution in [3.8, 4) is 0 Å². The summed E-state index contributed by atoms with van der Waals surface area (Å²) in [6, 6.07) is 1.84. The van der Waals surface area contributed by atoms with Gasteiger partial charge in [-0.05, 0) is 52.5 Å². The predicted molar refractivity (Wildman–Crippen MR) is 152 cm³/mol. The van der Waals surface area contributed by atoms with Gasteiger partial charge in [-0.25, -0.2) is 19.7 Å². The molecule has 0 amide bonds. The van der Waals surface area contributed by atoms with Crippen LogP contribution in [0, 0.1) is 24.2 Å². The summed E-state index contributed by atoms with van der Waals surface area (Å²) in [6.07, 6.45) is 3.95. The number of aliphatic hydroxyl groups is 1. The van der Waals surface area contributed by atoms with E-state index in [1.54, 1.807) is 6.20 Å². The van der Waals surface area contributed by atoms with Gasteiger partial charge in [-0.2, -0.15) is 0 Å². The van der Waals surface area contributed by atoms with E-state index in [0.29, 0.717) is 40.7 Å². The number of piperidine rings is 1. The van der Waals surface area contributed by atoms with E-state index < -0.39 is 11.6 Å². The van der Waals surface area contributed by atoms with Crippen LogP contribution in [0.1, 0.15) is 56.7 Å². The number of aromatic nitrogens is 3. The second kappa shape index (κ2) is 10.7. The van der Waals surface area contributed by atoms with Gasteiger partial charge in [-0.1, -0.05) is 30.3 Å². The molecule has 5 heterocycles. The lowest BCUT2D eigenvalue weighted by Gasteiger charge is -2.46. The van der Waals surface area contributed by atoms with Gasteiger partial charge < -0.3 is 24.4 Å². The molecule has 2 aromatic rings. The second-order valence-electron chi connectivity index (χ2n) is 11.7. The first kappa shape index (κ1) is 28.4. The zero-order valence-corrected chi connectivity index (χ0v) is 25.1. The molecule has 0 bridgehead atoms. The van der Waals surface area contributed by atoms with Crippen molar-refractivity contribution in [3.05, 3.63) is 28.7 Å². The summed E-state index contributed by atoms with van der Waals surface area (Å²) in [5, 5.41) is 11.4. The molecule has 1 spiro atoms. The standard InChI is InChI=1S/C28H38ClN5O4S/c1-16-18(3)38-15-28(16)8-11-33(12-9-28)24-22(26(35)37-6)32-25(17(2)31-24)39-20-7-10-30-23(21(20)29)34-13-19(14-34)27(4,5)36/h7,10,16,18-19,36H,8-9,11-15H2,1-6H3/t16-,18+/m1/s1. The molecule has 9 nitrogen and oxygen atoms in total. The molecule has 0 aromatic carbocycles. The van der Waals surface area contributed by atoms with Crippen LogP contribution in [0.4, 0.5) is 11.6 Å². The Balaban J connectivity index is 1.37. The Labute approximate surface area is 239 Å². The topological polar surface area (TPSA) is 101 Å². The number of hydrogen-bond donors (Lipinski definition) is 1. The van der Waals surface area contributed by atoms with Crippen LogP contribution in [-0.2, 0) is 9.47 Å². The molecule has 2 atom stereocenters. The largest absolute Gasteiger partial charge is 0.464 e. The minimum absolute atomic E-state index is 0.160. The van der Waals surface area contributed by atoms with Crippen LogP contribution in [0.25, 0.3) is 0 Å². The molecule has 0 saturated carbocycles. The quantitative estimate of drug-likeness (QED) is 0.491. The highest BCUT2D eigenvalue weighted by molar-refractivity contribution is 7.99. The van der Waals surface area contributed by atoms with E-state index in [4.69, 9.17) is 31.0 Å². The van der Waals surface area contributed by atoms with Gasteiger partial charge in [-0.15, -0.1) is 0 Å². The summed E-state index contributed by atoms with van der Waals surface area (Å²) in [5.74, 6) is 1.40. The lowest BCUT2D eigenvalue weighted by molar-refractivity contribution is 0.00437. The van der Waals surface area contributed by atoms with Crippen LogP contribution in [0.3, 0.4) is 0 Å². The number of hydrogen-bond acceptors (Lipinski definition) is 10. The smallest absolute Gasteiger partial charge is 0.360 e. The van der Waals surface area contributed by atoms with Crippen LogP contribution in [0.5, 0.6) is 0 Å². The van der Waals surface area contributed by atoms with Crippen LogP contribution in [0.2, 0.25) is 5.02 Å². The van der Waals surface area contributed by atoms with Crippen molar-refractivity contribution in [2.24, 2.45) is 17.3 Å². The number of aryl methyl sites for hydroxylation is 1. The molecule has 3 fully saturated rings. The van der Waals surface area contributed by atoms with E-state index in [0.717, 1.165) is 43.1 Å². The maximum Gasteiger partial charge on any atom is 0.360 e. The first-order chi connectivity index (χ1) is 18.4. The number of ether oxygens (including phenoxy) is 2. The SMILES string of the molecule is COC(=O)c1nc(Sc2ccnc(N3CC(C(C)(C)O)C3)c2Cl)c(C)nc1N1CCC2(CC1)CO[C@@H](C)[C@H]2C. The molecule has 0 radical (unpaired) electrons. The Morgan fingerprint density at radius 1 is 1.21 bits per heavy atom. The Hall–Kier alpha value is -2.14. The van der Waals surface area contributed by atoms with Crippen molar-refractivity contribution in [3.63, 3.8) is 0 Å². The highest BCUT2D eigenvalue weighted by atomic mass is 35.5. The predicted octanol–water partition coefficient (Wildman–Crippen LogP) is 4.62. The molecule has 0 unspecified atom stereocenters. The summed E-state index contributed by atoms with van der Waals surface area (Å²) in [5.41, 5.74) is 0.366. The summed E-state index contributed by atoms with van der Waals surface area (Å²) in [4.78, 5) is 32.0. The molecule has 11 heteroatoms. The Morgan fingerprint density at radius 3 is 2.49 bits per heavy atom. The average molecular weight is 576 g/mol. The molecule has 212 valence electrons. The zero-order valence-electron chi connectivity index (χ0n) is 23.5. The Morgan fingerprint density at radius 2 is 1.90 bits per heavy atom. The fourth-order valence-electron chi connectivity index (χ4n) is 5.79. The highest BCUT2D eigenvalue weighted by Gasteiger charge is 2.47. The second-order valence-corrected chi connectivity index (χ2v) is 13.1. The van der Waals surface area contributed by atoms with Gasteiger partial charge in [0.2, 0.25) is 0 Å². The molecule has 3 aliphatic rings. The summed E-state index contributed by atoms with van der Waals surface area (Å²) in [7, 11) is 1.37. The van der Waals surface area contributed by atoms with E-state index in [1.165, 1.54) is 18.9 Å². The number of pyridine rings is 1. The van der Waals surface area contributed by atoms with E-state index >= 15 is 0 Å². The molecule has 3 aliphatic heterocycles. The highest BCUT2D eigenvalue weighted by Crippen LogP contribution is 2.47. The minimum Gasteiger partial charge on any atom is -0.464 e. The third-order valence-corrected chi connectivity index (χ3v) is 10.6. The number of nitrogens with zero attached hydrogens (tertiary/aromatic N) is 5. The lowest BCUT2D eigenvalue weighted by atomic mass is 9.70. The van der Waals surface area contributed by atoms with Crippen molar-refractivity contribution >= 4 is 41.0 Å². The summed E-state index contributed by atoms with van der Waals surface area (Å²) >= 11 is 8.16. The van der Waals surface area contributed by atoms with Crippen molar-refractivity contribution in [2.45, 2.75) is 69.1 Å². The van der Waals surface area contributed by atoms with Gasteiger partial charge in [0.1, 0.15) is 10.8 Å². The normalized spacial score (nSPS) is 23.3. The van der Waals surface area contributed by atoms with Gasteiger partial charge in [0.05, 0.1) is 36.1 Å². The molecule has 2 aromatic heterocycles. The molecule has 0 aliphatic carbocycles. The van der Waals surface area contributed by atoms with Crippen LogP contribution >= 0.6 is 23.4 Å². The van der Waals surface area contributed by atoms with Gasteiger partial charge >= 0.3 is 5.97 Å². The van der Waals surface area contributed by atoms with Gasteiger partial charge in [-0.3, -0.25) is 0 Å². The number of esters is 1. The zero-order chi connectivity index (χ0) is 28.1. The Kier molecular flexibility index (Phi) is 7.78. The van der Waals surface area contributed by atoms with E-state index in [1.807, 2.05) is 26.8 Å². The van der Waals surface area contributed by atoms with Gasteiger partial charge in [0.25, 0.3) is 0 Å². The maximum atomic E-state index is 12.9. The van der Waals surface area contributed by atoms with Crippen LogP contribution in [0.15, 0.2) is 22.2 Å². The molecule has 5 rings (SSSR count).